The van der Waals surface area contributed by atoms with Gasteiger partial charge in [-0.3, -0.25) is 14.5 Å². The molecule has 32 heavy (non-hydrogen) atoms. The lowest BCUT2D eigenvalue weighted by molar-refractivity contribution is -0.140. The molecule has 0 saturated carbocycles. The van der Waals surface area contributed by atoms with Gasteiger partial charge in [-0.2, -0.15) is 0 Å². The predicted octanol–water partition coefficient (Wildman–Crippen LogP) is 3.67. The lowest BCUT2D eigenvalue weighted by Crippen LogP contribution is -2.39. The van der Waals surface area contributed by atoms with E-state index in [0.29, 0.717) is 38.6 Å². The maximum absolute atomic E-state index is 13.0. The van der Waals surface area contributed by atoms with E-state index in [1.165, 1.54) is 4.90 Å². The van der Waals surface area contributed by atoms with Crippen molar-refractivity contribution in [2.24, 2.45) is 17.8 Å². The van der Waals surface area contributed by atoms with Crippen molar-refractivity contribution < 1.29 is 24.9 Å². The van der Waals surface area contributed by atoms with Crippen LogP contribution in [0.2, 0.25) is 0 Å². The average molecular weight is 442 g/mol. The Morgan fingerprint density at radius 3 is 2.47 bits per heavy atom. The van der Waals surface area contributed by atoms with E-state index >= 15 is 0 Å². The lowest BCUT2D eigenvalue weighted by Gasteiger charge is -2.36. The Hall–Kier alpha value is -2.44. The summed E-state index contributed by atoms with van der Waals surface area (Å²) in [4.78, 5) is 27.2. The molecule has 0 unspecified atom stereocenters. The molecule has 6 nitrogen and oxygen atoms in total. The lowest BCUT2D eigenvalue weighted by atomic mass is 9.67. The van der Waals surface area contributed by atoms with Crippen molar-refractivity contribution in [2.75, 3.05) is 13.2 Å². The van der Waals surface area contributed by atoms with Gasteiger partial charge in [0.2, 0.25) is 11.8 Å². The number of phenolic OH excluding ortho intramolecular Hbond substituents is 1. The van der Waals surface area contributed by atoms with Crippen LogP contribution in [0, 0.1) is 17.8 Å². The summed E-state index contributed by atoms with van der Waals surface area (Å²) >= 11 is 0. The van der Waals surface area contributed by atoms with Gasteiger partial charge in [0, 0.05) is 12.5 Å². The van der Waals surface area contributed by atoms with E-state index in [1.807, 2.05) is 39.0 Å². The highest BCUT2D eigenvalue weighted by molar-refractivity contribution is 6.05. The van der Waals surface area contributed by atoms with Crippen LogP contribution < -0.4 is 0 Å². The SMILES string of the molecule is CCCN1C(=O)[C@@H]2[C@@H](CC(CC)=C([C@H](O)CC/C(C)=C/c3ccc(O)cc3)[C@@H]2CO)C1=O. The van der Waals surface area contributed by atoms with Gasteiger partial charge in [-0.25, -0.2) is 0 Å². The number of fused-ring (bicyclic) bond motifs is 1. The second-order valence-corrected chi connectivity index (χ2v) is 9.00. The minimum Gasteiger partial charge on any atom is -0.508 e. The molecule has 0 bridgehead atoms. The maximum atomic E-state index is 13.0. The highest BCUT2D eigenvalue weighted by Crippen LogP contribution is 2.47. The topological polar surface area (TPSA) is 98.1 Å². The number of hydrogen-bond acceptors (Lipinski definition) is 5. The number of likely N-dealkylation sites (tertiary alicyclic amines) is 1. The number of aliphatic hydroxyl groups excluding tert-OH is 2. The zero-order valence-electron chi connectivity index (χ0n) is 19.3. The highest BCUT2D eigenvalue weighted by atomic mass is 16.3. The van der Waals surface area contributed by atoms with Gasteiger partial charge < -0.3 is 15.3 Å². The molecule has 2 aliphatic rings. The van der Waals surface area contributed by atoms with Gasteiger partial charge >= 0.3 is 0 Å². The number of aromatic hydroxyl groups is 1. The number of carbonyl (C=O) groups excluding carboxylic acids is 2. The van der Waals surface area contributed by atoms with E-state index in [4.69, 9.17) is 0 Å². The third-order valence-electron chi connectivity index (χ3n) is 6.82. The quantitative estimate of drug-likeness (QED) is 0.401. The van der Waals surface area contributed by atoms with Crippen LogP contribution in [0.5, 0.6) is 5.75 Å². The minimum atomic E-state index is -0.769. The fourth-order valence-corrected chi connectivity index (χ4v) is 5.25. The number of phenols is 1. The third kappa shape index (κ3) is 4.81. The number of nitrogens with zero attached hydrogens (tertiary/aromatic N) is 1. The Morgan fingerprint density at radius 2 is 1.88 bits per heavy atom. The second-order valence-electron chi connectivity index (χ2n) is 9.00. The second kappa shape index (κ2) is 10.5. The Bertz CT molecular complexity index is 901. The molecule has 1 saturated heterocycles. The molecule has 1 fully saturated rings. The fraction of sp³-hybridized carbons (Fsp3) is 0.538. The number of imide groups is 1. The molecule has 3 rings (SSSR count). The van der Waals surface area contributed by atoms with Crippen molar-refractivity contribution in [3.8, 4) is 5.75 Å². The standard InChI is InChI=1S/C26H35NO5/c1-4-12-27-25(31)20-14-18(5-2)23(21(15-28)24(20)26(27)32)22(30)11-6-16(3)13-17-7-9-19(29)10-8-17/h7-10,13,20-22,24,28-30H,4-6,11-12,14-15H2,1-3H3/b16-13+/t20-,21+,22-,24-/m1/s1. The Labute approximate surface area is 190 Å². The molecule has 1 heterocycles. The Balaban J connectivity index is 1.79. The summed E-state index contributed by atoms with van der Waals surface area (Å²) in [6.07, 6.45) is 4.26. The minimum absolute atomic E-state index is 0.132. The molecule has 0 spiro atoms. The summed E-state index contributed by atoms with van der Waals surface area (Å²) in [5, 5.41) is 30.8. The number of rotatable bonds is 9. The molecule has 0 aromatic heterocycles. The van der Waals surface area contributed by atoms with Crippen LogP contribution in [0.15, 0.2) is 41.0 Å². The van der Waals surface area contributed by atoms with Crippen molar-refractivity contribution >= 4 is 17.9 Å². The van der Waals surface area contributed by atoms with E-state index in [0.717, 1.165) is 22.3 Å². The fourth-order valence-electron chi connectivity index (χ4n) is 5.25. The molecule has 2 amide bonds. The van der Waals surface area contributed by atoms with Crippen LogP contribution in [0.25, 0.3) is 6.08 Å². The van der Waals surface area contributed by atoms with E-state index < -0.39 is 23.9 Å². The molecule has 4 atom stereocenters. The number of benzene rings is 1. The van der Waals surface area contributed by atoms with Gasteiger partial charge in [0.1, 0.15) is 5.75 Å². The molecular formula is C26H35NO5. The van der Waals surface area contributed by atoms with Crippen LogP contribution in [-0.4, -0.2) is 51.3 Å². The summed E-state index contributed by atoms with van der Waals surface area (Å²) in [6, 6.07) is 6.94. The van der Waals surface area contributed by atoms with Gasteiger partial charge in [0.25, 0.3) is 0 Å². The molecule has 1 aromatic rings. The maximum Gasteiger partial charge on any atom is 0.233 e. The van der Waals surface area contributed by atoms with Crippen molar-refractivity contribution in [1.82, 2.24) is 4.90 Å². The number of amides is 2. The normalized spacial score (nSPS) is 24.8. The van der Waals surface area contributed by atoms with Crippen molar-refractivity contribution in [2.45, 2.75) is 59.0 Å². The largest absolute Gasteiger partial charge is 0.508 e. The van der Waals surface area contributed by atoms with Gasteiger partial charge in [-0.15, -0.1) is 0 Å². The van der Waals surface area contributed by atoms with Crippen molar-refractivity contribution in [3.05, 3.63) is 46.5 Å². The van der Waals surface area contributed by atoms with Gasteiger partial charge in [-0.05, 0) is 62.3 Å². The summed E-state index contributed by atoms with van der Waals surface area (Å²) in [7, 11) is 0. The van der Waals surface area contributed by atoms with E-state index in [1.54, 1.807) is 12.1 Å². The van der Waals surface area contributed by atoms with Gasteiger partial charge in [-0.1, -0.05) is 43.2 Å². The van der Waals surface area contributed by atoms with Crippen molar-refractivity contribution in [3.63, 3.8) is 0 Å². The average Bonchev–Trinajstić information content (AvgIpc) is 3.02. The predicted molar refractivity (Wildman–Crippen MR) is 123 cm³/mol. The van der Waals surface area contributed by atoms with Crippen LogP contribution >= 0.6 is 0 Å². The number of carbonyl (C=O) groups is 2. The van der Waals surface area contributed by atoms with Crippen LogP contribution in [0.4, 0.5) is 0 Å². The van der Waals surface area contributed by atoms with Gasteiger partial charge in [0.05, 0.1) is 24.5 Å². The highest BCUT2D eigenvalue weighted by Gasteiger charge is 2.54. The van der Waals surface area contributed by atoms with Crippen LogP contribution in [0.3, 0.4) is 0 Å². The first-order valence-electron chi connectivity index (χ1n) is 11.6. The summed E-state index contributed by atoms with van der Waals surface area (Å²) in [5.74, 6) is -1.63. The number of allylic oxidation sites excluding steroid dienone is 2. The smallest absolute Gasteiger partial charge is 0.233 e. The van der Waals surface area contributed by atoms with Crippen molar-refractivity contribution in [1.29, 1.82) is 0 Å². The molecule has 6 heteroatoms. The Morgan fingerprint density at radius 1 is 1.19 bits per heavy atom. The molecule has 174 valence electrons. The molecular weight excluding hydrogens is 406 g/mol. The number of aliphatic hydroxyl groups is 2. The summed E-state index contributed by atoms with van der Waals surface area (Å²) in [5.41, 5.74) is 3.82. The number of hydrogen-bond donors (Lipinski definition) is 3. The van der Waals surface area contributed by atoms with Crippen LogP contribution in [-0.2, 0) is 9.59 Å². The molecule has 1 aromatic carbocycles. The first-order chi connectivity index (χ1) is 15.3. The summed E-state index contributed by atoms with van der Waals surface area (Å²) < 4.78 is 0. The summed E-state index contributed by atoms with van der Waals surface area (Å²) in [6.45, 7) is 6.08. The van der Waals surface area contributed by atoms with E-state index in [2.05, 4.69) is 0 Å². The van der Waals surface area contributed by atoms with Gasteiger partial charge in [0.15, 0.2) is 0 Å². The molecule has 1 aliphatic carbocycles. The third-order valence-corrected chi connectivity index (χ3v) is 6.82. The molecule has 0 radical (unpaired) electrons. The zero-order valence-corrected chi connectivity index (χ0v) is 19.3. The first kappa shape index (κ1) is 24.2. The molecule has 3 N–H and O–H groups in total. The van der Waals surface area contributed by atoms with Crippen LogP contribution in [0.1, 0.15) is 58.4 Å². The van der Waals surface area contributed by atoms with E-state index in [9.17, 15) is 24.9 Å². The Kier molecular flexibility index (Phi) is 7.91. The van der Waals surface area contributed by atoms with E-state index in [-0.39, 0.29) is 24.2 Å². The molecule has 1 aliphatic heterocycles. The monoisotopic (exact) mass is 441 g/mol. The first-order valence-corrected chi connectivity index (χ1v) is 11.6. The zero-order chi connectivity index (χ0) is 23.4.